The number of urea groups is 1. The Hall–Kier alpha value is -1.88. The van der Waals surface area contributed by atoms with Crippen LogP contribution in [0.5, 0.6) is 0 Å². The maximum atomic E-state index is 11.5. The van der Waals surface area contributed by atoms with E-state index < -0.39 is 0 Å². The van der Waals surface area contributed by atoms with E-state index in [0.29, 0.717) is 13.1 Å². The minimum absolute atomic E-state index is 0.0102. The summed E-state index contributed by atoms with van der Waals surface area (Å²) >= 11 is 0. The molecule has 1 aromatic carbocycles. The first kappa shape index (κ1) is 11.6. The van der Waals surface area contributed by atoms with Crippen LogP contribution in [0.1, 0.15) is 11.5 Å². The number of nitrogens with zero attached hydrogens (tertiary/aromatic N) is 1. The molecule has 90 valence electrons. The molecule has 0 aromatic heterocycles. The van der Waals surface area contributed by atoms with Crippen molar-refractivity contribution in [2.24, 2.45) is 5.73 Å². The topological polar surface area (TPSA) is 75.4 Å². The Bertz CT molecular complexity index is 403. The first-order chi connectivity index (χ1) is 8.22. The highest BCUT2D eigenvalue weighted by Gasteiger charge is 2.30. The molecule has 17 heavy (non-hydrogen) atoms. The molecule has 5 heteroatoms. The molecule has 5 nitrogen and oxygen atoms in total. The standard InChI is InChI=1S/C12H15N3O2/c13-6-10(9-4-2-1-3-5-9)8-15-11(16)7-14-12(15)17/h1-5,10H,6-8,13H2,(H,14,17). The van der Waals surface area contributed by atoms with Crippen molar-refractivity contribution in [3.8, 4) is 0 Å². The van der Waals surface area contributed by atoms with Crippen molar-refractivity contribution >= 4 is 11.9 Å². The summed E-state index contributed by atoms with van der Waals surface area (Å²) in [6.07, 6.45) is 0. The molecule has 0 saturated carbocycles. The molecule has 3 N–H and O–H groups in total. The SMILES string of the molecule is NCC(CN1C(=O)CNC1=O)c1ccccc1. The summed E-state index contributed by atoms with van der Waals surface area (Å²) in [5, 5.41) is 2.50. The zero-order valence-electron chi connectivity index (χ0n) is 9.43. The summed E-state index contributed by atoms with van der Waals surface area (Å²) < 4.78 is 0. The van der Waals surface area contributed by atoms with Gasteiger partial charge >= 0.3 is 6.03 Å². The maximum Gasteiger partial charge on any atom is 0.324 e. The Morgan fingerprint density at radius 2 is 2.00 bits per heavy atom. The molecular weight excluding hydrogens is 218 g/mol. The third-order valence-electron chi connectivity index (χ3n) is 2.90. The zero-order valence-corrected chi connectivity index (χ0v) is 9.43. The van der Waals surface area contributed by atoms with Crippen molar-refractivity contribution in [1.82, 2.24) is 10.2 Å². The van der Waals surface area contributed by atoms with Gasteiger partial charge in [-0.1, -0.05) is 30.3 Å². The monoisotopic (exact) mass is 233 g/mol. The second-order valence-electron chi connectivity index (χ2n) is 4.01. The van der Waals surface area contributed by atoms with Crippen molar-refractivity contribution in [2.75, 3.05) is 19.6 Å². The predicted octanol–water partition coefficient (Wildman–Crippen LogP) is 0.281. The van der Waals surface area contributed by atoms with Gasteiger partial charge in [-0.2, -0.15) is 0 Å². The molecule has 1 heterocycles. The molecule has 1 aliphatic heterocycles. The van der Waals surface area contributed by atoms with E-state index in [1.807, 2.05) is 30.3 Å². The van der Waals surface area contributed by atoms with E-state index in [1.165, 1.54) is 4.90 Å². The van der Waals surface area contributed by atoms with Gasteiger partial charge in [0.15, 0.2) is 0 Å². The molecule has 1 saturated heterocycles. The van der Waals surface area contributed by atoms with Crippen LogP contribution < -0.4 is 11.1 Å². The van der Waals surface area contributed by atoms with Gasteiger partial charge in [0.1, 0.15) is 0 Å². The Morgan fingerprint density at radius 1 is 1.29 bits per heavy atom. The van der Waals surface area contributed by atoms with Crippen LogP contribution in [0.4, 0.5) is 4.79 Å². The molecule has 0 aliphatic carbocycles. The molecule has 0 radical (unpaired) electrons. The van der Waals surface area contributed by atoms with Crippen LogP contribution in [0, 0.1) is 0 Å². The summed E-state index contributed by atoms with van der Waals surface area (Å²) in [4.78, 5) is 24.1. The van der Waals surface area contributed by atoms with Crippen LogP contribution in [0.2, 0.25) is 0 Å². The van der Waals surface area contributed by atoms with Crippen LogP contribution in [-0.2, 0) is 4.79 Å². The molecule has 3 amide bonds. The highest BCUT2D eigenvalue weighted by atomic mass is 16.2. The molecule has 1 unspecified atom stereocenters. The second-order valence-corrected chi connectivity index (χ2v) is 4.01. The number of rotatable bonds is 4. The van der Waals surface area contributed by atoms with Gasteiger partial charge in [-0.3, -0.25) is 9.69 Å². The van der Waals surface area contributed by atoms with Crippen LogP contribution >= 0.6 is 0 Å². The van der Waals surface area contributed by atoms with Crippen molar-refractivity contribution in [3.63, 3.8) is 0 Å². The molecule has 0 spiro atoms. The first-order valence-corrected chi connectivity index (χ1v) is 5.55. The summed E-state index contributed by atoms with van der Waals surface area (Å²) in [6, 6.07) is 9.34. The lowest BCUT2D eigenvalue weighted by Crippen LogP contribution is -2.36. The van der Waals surface area contributed by atoms with Gasteiger partial charge in [-0.15, -0.1) is 0 Å². The second kappa shape index (κ2) is 4.97. The first-order valence-electron chi connectivity index (χ1n) is 5.55. The van der Waals surface area contributed by atoms with Crippen LogP contribution in [0.25, 0.3) is 0 Å². The number of nitrogens with two attached hydrogens (primary N) is 1. The highest BCUT2D eigenvalue weighted by Crippen LogP contribution is 2.16. The van der Waals surface area contributed by atoms with E-state index >= 15 is 0 Å². The minimum Gasteiger partial charge on any atom is -0.330 e. The molecule has 1 aliphatic rings. The highest BCUT2D eigenvalue weighted by molar-refractivity contribution is 6.01. The molecule has 1 aromatic rings. The molecule has 2 rings (SSSR count). The third kappa shape index (κ3) is 2.45. The number of hydrogen-bond acceptors (Lipinski definition) is 3. The van der Waals surface area contributed by atoms with Gasteiger partial charge in [-0.25, -0.2) is 4.79 Å². The number of amides is 3. The summed E-state index contributed by atoms with van der Waals surface area (Å²) in [6.45, 7) is 0.831. The maximum absolute atomic E-state index is 11.5. The van der Waals surface area contributed by atoms with E-state index in [1.54, 1.807) is 0 Å². The fourth-order valence-electron chi connectivity index (χ4n) is 1.90. The normalized spacial score (nSPS) is 17.1. The Kier molecular flexibility index (Phi) is 3.39. The van der Waals surface area contributed by atoms with Crippen LogP contribution in [0.3, 0.4) is 0 Å². The van der Waals surface area contributed by atoms with Crippen LogP contribution in [0.15, 0.2) is 30.3 Å². The van der Waals surface area contributed by atoms with E-state index in [9.17, 15) is 9.59 Å². The third-order valence-corrected chi connectivity index (χ3v) is 2.90. The number of carbonyl (C=O) groups excluding carboxylic acids is 2. The smallest absolute Gasteiger partial charge is 0.324 e. The Labute approximate surface area is 99.6 Å². The number of imide groups is 1. The van der Waals surface area contributed by atoms with Gasteiger partial charge in [-0.05, 0) is 5.56 Å². The Morgan fingerprint density at radius 3 is 2.53 bits per heavy atom. The van der Waals surface area contributed by atoms with Gasteiger partial charge in [0.05, 0.1) is 6.54 Å². The zero-order chi connectivity index (χ0) is 12.3. The predicted molar refractivity (Wildman–Crippen MR) is 63.3 cm³/mol. The lowest BCUT2D eigenvalue weighted by molar-refractivity contribution is -0.125. The van der Waals surface area contributed by atoms with Gasteiger partial charge in [0, 0.05) is 19.0 Å². The fraction of sp³-hybridized carbons (Fsp3) is 0.333. The largest absolute Gasteiger partial charge is 0.330 e. The average Bonchev–Trinajstić information content (AvgIpc) is 2.68. The lowest BCUT2D eigenvalue weighted by Gasteiger charge is -2.20. The lowest BCUT2D eigenvalue weighted by atomic mass is 9.99. The fourth-order valence-corrected chi connectivity index (χ4v) is 1.90. The van der Waals surface area contributed by atoms with Crippen molar-refractivity contribution < 1.29 is 9.59 Å². The average molecular weight is 233 g/mol. The number of benzene rings is 1. The van der Waals surface area contributed by atoms with E-state index in [2.05, 4.69) is 5.32 Å². The molecule has 0 bridgehead atoms. The summed E-state index contributed by atoms with van der Waals surface area (Å²) in [5.74, 6) is -0.201. The van der Waals surface area contributed by atoms with Gasteiger partial charge in [0.25, 0.3) is 0 Å². The van der Waals surface area contributed by atoms with Gasteiger partial charge in [0.2, 0.25) is 5.91 Å². The minimum atomic E-state index is -0.329. The van der Waals surface area contributed by atoms with Crippen molar-refractivity contribution in [3.05, 3.63) is 35.9 Å². The van der Waals surface area contributed by atoms with Crippen molar-refractivity contribution in [1.29, 1.82) is 0 Å². The van der Waals surface area contributed by atoms with Gasteiger partial charge < -0.3 is 11.1 Å². The van der Waals surface area contributed by atoms with Crippen molar-refractivity contribution in [2.45, 2.75) is 5.92 Å². The Balaban J connectivity index is 2.10. The number of hydrogen-bond donors (Lipinski definition) is 2. The van der Waals surface area contributed by atoms with Crippen LogP contribution in [-0.4, -0.2) is 36.5 Å². The quantitative estimate of drug-likeness (QED) is 0.733. The van der Waals surface area contributed by atoms with E-state index in [-0.39, 0.29) is 24.4 Å². The summed E-state index contributed by atoms with van der Waals surface area (Å²) in [7, 11) is 0. The number of nitrogens with one attached hydrogen (secondary N) is 1. The molecule has 1 atom stereocenters. The molecule has 1 fully saturated rings. The summed E-state index contributed by atoms with van der Waals surface area (Å²) in [5.41, 5.74) is 6.75. The van der Waals surface area contributed by atoms with E-state index in [0.717, 1.165) is 5.56 Å². The number of carbonyl (C=O) groups is 2. The molecular formula is C12H15N3O2. The van der Waals surface area contributed by atoms with E-state index in [4.69, 9.17) is 5.73 Å².